The summed E-state index contributed by atoms with van der Waals surface area (Å²) in [5.74, 6) is 0.230. The van der Waals surface area contributed by atoms with Crippen LogP contribution in [0.4, 0.5) is 5.95 Å². The van der Waals surface area contributed by atoms with Gasteiger partial charge in [-0.05, 0) is 12.1 Å². The van der Waals surface area contributed by atoms with E-state index in [-0.39, 0.29) is 20.8 Å². The van der Waals surface area contributed by atoms with Crippen molar-refractivity contribution in [3.05, 3.63) is 45.7 Å². The molecule has 1 saturated heterocycles. The molecule has 0 saturated carbocycles. The van der Waals surface area contributed by atoms with Crippen molar-refractivity contribution < 1.29 is 17.9 Å². The van der Waals surface area contributed by atoms with Gasteiger partial charge in [-0.2, -0.15) is 0 Å². The van der Waals surface area contributed by atoms with Crippen molar-refractivity contribution in [1.29, 1.82) is 0 Å². The molecule has 1 aromatic heterocycles. The van der Waals surface area contributed by atoms with E-state index in [0.29, 0.717) is 45.3 Å². The number of hydrogen-bond donors (Lipinski definition) is 1. The van der Waals surface area contributed by atoms with Crippen LogP contribution in [0, 0.1) is 0 Å². The summed E-state index contributed by atoms with van der Waals surface area (Å²) in [4.78, 5) is 24.9. The molecule has 9 nitrogen and oxygen atoms in total. The van der Waals surface area contributed by atoms with Crippen molar-refractivity contribution >= 4 is 45.1 Å². The summed E-state index contributed by atoms with van der Waals surface area (Å²) >= 11 is 11.9. The van der Waals surface area contributed by atoms with Gasteiger partial charge in [-0.25, -0.2) is 23.1 Å². The van der Waals surface area contributed by atoms with Gasteiger partial charge in [0.25, 0.3) is 0 Å². The number of carbonyl (C=O) groups excluding carboxylic acids is 1. The number of benzene rings is 1. The SMILES string of the molecule is O=C(CNS(=O)(=O)c1c(Cl)cccc1Cl)N1Cc2cnc(N3CCOCC3)nc2C1. The first-order valence-electron chi connectivity index (χ1n) is 9.24. The van der Waals surface area contributed by atoms with Crippen molar-refractivity contribution in [1.82, 2.24) is 19.6 Å². The lowest BCUT2D eigenvalue weighted by Gasteiger charge is -2.26. The number of amides is 1. The molecule has 1 N–H and O–H groups in total. The topological polar surface area (TPSA) is 105 Å². The molecule has 0 bridgehead atoms. The highest BCUT2D eigenvalue weighted by atomic mass is 35.5. The molecule has 2 aromatic rings. The molecule has 1 fully saturated rings. The van der Waals surface area contributed by atoms with Crippen LogP contribution in [0.5, 0.6) is 0 Å². The van der Waals surface area contributed by atoms with E-state index in [9.17, 15) is 13.2 Å². The Bertz CT molecular complexity index is 1060. The van der Waals surface area contributed by atoms with Gasteiger partial charge in [0.2, 0.25) is 21.9 Å². The number of nitrogens with zero attached hydrogens (tertiary/aromatic N) is 4. The summed E-state index contributed by atoms with van der Waals surface area (Å²) in [5, 5.41) is -0.0242. The summed E-state index contributed by atoms with van der Waals surface area (Å²) in [6.07, 6.45) is 1.72. The second kappa shape index (κ2) is 8.64. The maximum atomic E-state index is 12.6. The second-order valence-corrected chi connectivity index (χ2v) is 9.38. The van der Waals surface area contributed by atoms with Gasteiger partial charge in [-0.15, -0.1) is 0 Å². The highest BCUT2D eigenvalue weighted by Crippen LogP contribution is 2.29. The molecule has 0 aliphatic carbocycles. The minimum absolute atomic E-state index is 0.0121. The second-order valence-electron chi connectivity index (χ2n) is 6.87. The molecule has 3 heterocycles. The zero-order valence-electron chi connectivity index (χ0n) is 15.8. The van der Waals surface area contributed by atoms with Gasteiger partial charge >= 0.3 is 0 Å². The summed E-state index contributed by atoms with van der Waals surface area (Å²) in [6, 6.07) is 4.39. The van der Waals surface area contributed by atoms with Gasteiger partial charge in [-0.3, -0.25) is 4.79 Å². The standard InChI is InChI=1S/C18H19Cl2N5O4S/c19-13-2-1-3-14(20)17(13)30(27,28)22-9-16(26)25-10-12-8-21-18(23-15(12)11-25)24-4-6-29-7-5-24/h1-3,8,22H,4-7,9-11H2. The van der Waals surface area contributed by atoms with Crippen LogP contribution in [0.1, 0.15) is 11.3 Å². The number of aromatic nitrogens is 2. The number of hydrogen-bond acceptors (Lipinski definition) is 7. The number of fused-ring (bicyclic) bond motifs is 1. The fraction of sp³-hybridized carbons (Fsp3) is 0.389. The van der Waals surface area contributed by atoms with Crippen LogP contribution in [-0.4, -0.2) is 62.0 Å². The monoisotopic (exact) mass is 471 g/mol. The van der Waals surface area contributed by atoms with Crippen molar-refractivity contribution in [2.45, 2.75) is 18.0 Å². The first-order valence-corrected chi connectivity index (χ1v) is 11.5. The maximum absolute atomic E-state index is 12.6. The Morgan fingerprint density at radius 3 is 2.57 bits per heavy atom. The Labute approximate surface area is 184 Å². The molecule has 2 aliphatic rings. The van der Waals surface area contributed by atoms with E-state index < -0.39 is 16.6 Å². The molecular weight excluding hydrogens is 453 g/mol. The first-order chi connectivity index (χ1) is 14.3. The van der Waals surface area contributed by atoms with E-state index in [2.05, 4.69) is 14.7 Å². The van der Waals surface area contributed by atoms with Crippen molar-refractivity contribution in [3.63, 3.8) is 0 Å². The van der Waals surface area contributed by atoms with Crippen LogP contribution >= 0.6 is 23.2 Å². The van der Waals surface area contributed by atoms with Gasteiger partial charge in [-0.1, -0.05) is 29.3 Å². The zero-order valence-corrected chi connectivity index (χ0v) is 18.2. The van der Waals surface area contributed by atoms with E-state index >= 15 is 0 Å². The number of halogens is 2. The Hall–Kier alpha value is -1.98. The lowest BCUT2D eigenvalue weighted by Crippen LogP contribution is -2.38. The molecule has 2 aliphatic heterocycles. The van der Waals surface area contributed by atoms with Crippen LogP contribution in [0.15, 0.2) is 29.3 Å². The molecular formula is C18H19Cl2N5O4S. The highest BCUT2D eigenvalue weighted by Gasteiger charge is 2.28. The van der Waals surface area contributed by atoms with Crippen molar-refractivity contribution in [2.75, 3.05) is 37.7 Å². The van der Waals surface area contributed by atoms with E-state index in [1.807, 2.05) is 4.90 Å². The van der Waals surface area contributed by atoms with E-state index in [0.717, 1.165) is 11.3 Å². The van der Waals surface area contributed by atoms with Gasteiger partial charge in [0.1, 0.15) is 4.90 Å². The summed E-state index contributed by atoms with van der Waals surface area (Å²) in [5.41, 5.74) is 1.61. The van der Waals surface area contributed by atoms with Crippen LogP contribution in [0.25, 0.3) is 0 Å². The molecule has 0 unspecified atom stereocenters. The number of rotatable bonds is 5. The number of sulfonamides is 1. The molecule has 30 heavy (non-hydrogen) atoms. The van der Waals surface area contributed by atoms with E-state index in [4.69, 9.17) is 27.9 Å². The summed E-state index contributed by atoms with van der Waals surface area (Å²) < 4.78 is 32.7. The average molecular weight is 472 g/mol. The largest absolute Gasteiger partial charge is 0.378 e. The molecule has 4 rings (SSSR count). The maximum Gasteiger partial charge on any atom is 0.244 e. The quantitative estimate of drug-likeness (QED) is 0.702. The first kappa shape index (κ1) is 21.3. The molecule has 0 spiro atoms. The van der Waals surface area contributed by atoms with E-state index in [1.165, 1.54) is 17.0 Å². The van der Waals surface area contributed by atoms with Gasteiger partial charge in [0.05, 0.1) is 42.0 Å². The van der Waals surface area contributed by atoms with Crippen LogP contribution < -0.4 is 9.62 Å². The molecule has 0 radical (unpaired) electrons. The van der Waals surface area contributed by atoms with Crippen LogP contribution in [0.3, 0.4) is 0 Å². The Morgan fingerprint density at radius 2 is 1.87 bits per heavy atom. The van der Waals surface area contributed by atoms with Crippen molar-refractivity contribution in [3.8, 4) is 0 Å². The number of carbonyl (C=O) groups is 1. The highest BCUT2D eigenvalue weighted by molar-refractivity contribution is 7.89. The molecule has 160 valence electrons. The third-order valence-electron chi connectivity index (χ3n) is 4.89. The number of anilines is 1. The minimum Gasteiger partial charge on any atom is -0.378 e. The van der Waals surface area contributed by atoms with Crippen LogP contribution in [0.2, 0.25) is 10.0 Å². The Kier molecular flexibility index (Phi) is 6.12. The van der Waals surface area contributed by atoms with Gasteiger partial charge in [0, 0.05) is 31.4 Å². The zero-order chi connectivity index (χ0) is 21.3. The molecule has 1 aromatic carbocycles. The normalized spacial score (nSPS) is 16.6. The van der Waals surface area contributed by atoms with Crippen LogP contribution in [-0.2, 0) is 32.6 Å². The predicted octanol–water partition coefficient (Wildman–Crippen LogP) is 1.44. The fourth-order valence-corrected chi connectivity index (χ4v) is 5.43. The number of morpholine rings is 1. The minimum atomic E-state index is -4.04. The Morgan fingerprint density at radius 1 is 1.17 bits per heavy atom. The third kappa shape index (κ3) is 4.37. The number of ether oxygens (including phenoxy) is 1. The van der Waals surface area contributed by atoms with Gasteiger partial charge in [0.15, 0.2) is 0 Å². The fourth-order valence-electron chi connectivity index (χ4n) is 3.31. The van der Waals surface area contributed by atoms with E-state index in [1.54, 1.807) is 12.3 Å². The number of nitrogens with one attached hydrogen (secondary N) is 1. The predicted molar refractivity (Wildman–Crippen MR) is 111 cm³/mol. The van der Waals surface area contributed by atoms with Gasteiger partial charge < -0.3 is 14.5 Å². The lowest BCUT2D eigenvalue weighted by molar-refractivity contribution is -0.130. The smallest absolute Gasteiger partial charge is 0.244 e. The molecule has 0 atom stereocenters. The average Bonchev–Trinajstić information content (AvgIpc) is 3.16. The summed E-state index contributed by atoms with van der Waals surface area (Å²) in [6.45, 7) is 2.89. The lowest BCUT2D eigenvalue weighted by atomic mass is 10.3. The molecule has 1 amide bonds. The summed E-state index contributed by atoms with van der Waals surface area (Å²) in [7, 11) is -4.04. The van der Waals surface area contributed by atoms with Crippen molar-refractivity contribution in [2.24, 2.45) is 0 Å². The Balaban J connectivity index is 1.41. The third-order valence-corrected chi connectivity index (χ3v) is 7.25. The molecule has 12 heteroatoms.